The van der Waals surface area contributed by atoms with Crippen LogP contribution >= 0.6 is 0 Å². The average Bonchev–Trinajstić information content (AvgIpc) is 1.66. The first-order valence-corrected chi connectivity index (χ1v) is 34.8. The lowest BCUT2D eigenvalue weighted by molar-refractivity contribution is 0.198. The number of ether oxygens (including phenoxy) is 5. The number of benzene rings is 11. The molecule has 0 saturated carbocycles. The fourth-order valence-electron chi connectivity index (χ4n) is 9.92. The van der Waals surface area contributed by atoms with Crippen LogP contribution < -0.4 is 65.7 Å². The van der Waals surface area contributed by atoms with E-state index in [1.165, 1.54) is 42.4 Å². The molecule has 121 heavy (non-hydrogen) atoms. The highest BCUT2D eigenvalue weighted by atomic mass is 16.5. The standard InChI is InChI=1S/C29H27NO.C19H17NO.C13H12O.C8H8O.C6H6.C4H8O.C2H7N.4C2H6.5H3N.19H2O/c1-29(2)19-18-22-14-17-24(20-27(22)29)30-23-15-12-21(13-16-23)26-10-6-7-11-28(26)31-25-8-4-3-5-9-25;1-20-16-13-11-15(12-14-16)18-9-5-6-10-19(18)21-17-7-3-2-4-8-17;1-11-7-5-6-10-13(11)14-12-8-3-2-4-9-12;1-2-4-8-7(3-1)5-6-9-8;1-2-4-6-5-3-1;1-2-4-5-3-1;1-3-2;4*1-2;;;;;;;;;;;;;;;;;;;;;;;;/h3-17,20,30H,18-19H2,1-2H3;2-14,20H,1H3;2-10H,1H3;1-4H,5-6H2;1-6H;1-4H2;3H,1-2H3;4*1-2H3;5*1H3;19*1H2. The van der Waals surface area contributed by atoms with Crippen molar-refractivity contribution in [1.29, 1.82) is 0 Å². The van der Waals surface area contributed by atoms with Crippen LogP contribution in [-0.2, 0) is 23.0 Å². The number of aryl methyl sites for hydroxylation is 2. The molecule has 0 radical (unpaired) electrons. The van der Waals surface area contributed by atoms with Crippen molar-refractivity contribution in [2.45, 2.75) is 114 Å². The molecule has 32 nitrogen and oxygen atoms in total. The smallest absolute Gasteiger partial charge is 0.135 e. The zero-order valence-electron chi connectivity index (χ0n) is 73.4. The van der Waals surface area contributed by atoms with Gasteiger partial charge in [-0.3, -0.25) is 0 Å². The molecule has 1 saturated heterocycles. The molecule has 14 rings (SSSR count). The van der Waals surface area contributed by atoms with Gasteiger partial charge in [-0.25, -0.2) is 0 Å². The van der Waals surface area contributed by atoms with Gasteiger partial charge in [-0.1, -0.05) is 263 Å². The Hall–Kier alpha value is -10.8. The van der Waals surface area contributed by atoms with Crippen LogP contribution in [-0.4, -0.2) is 145 Å². The SMILES string of the molecule is C1CCOC1.CC.CC.CC.CC.CC1(C)CCc2ccc(Nc3ccc(-c4ccccc4Oc4ccccc4)cc3)cc21.CNC.CNc1ccc(-c2ccccc2Oc2ccccc2)cc1.Cc1ccccc1Oc1ccccc1.N.N.N.N.N.O.O.O.O.O.O.O.O.O.O.O.O.O.O.O.O.O.O.O.c1ccc2c(c1)CCO2.c1ccccc1. The maximum atomic E-state index is 6.14. The Bertz CT molecular complexity index is 3770. The highest BCUT2D eigenvalue weighted by Crippen LogP contribution is 2.41. The van der Waals surface area contributed by atoms with Gasteiger partial charge in [0, 0.05) is 54.9 Å². The summed E-state index contributed by atoms with van der Waals surface area (Å²) in [4.78, 5) is 0. The van der Waals surface area contributed by atoms with E-state index in [0.29, 0.717) is 0 Å². The molecule has 1 fully saturated rings. The summed E-state index contributed by atoms with van der Waals surface area (Å²) in [5, 5.41) is 9.45. The molecule has 0 bridgehead atoms. The molecule has 702 valence electrons. The molecule has 0 atom stereocenters. The number of nitrogens with one attached hydrogen (secondary N) is 3. The van der Waals surface area contributed by atoms with Crippen molar-refractivity contribution in [3.05, 3.63) is 313 Å². The Morgan fingerprint density at radius 3 is 0.959 bits per heavy atom. The molecule has 0 aromatic heterocycles. The minimum absolute atomic E-state index is 0. The Kier molecular flexibility index (Phi) is 136. The van der Waals surface area contributed by atoms with Crippen LogP contribution in [0.25, 0.3) is 22.3 Å². The van der Waals surface area contributed by atoms with Crippen LogP contribution in [0.15, 0.2) is 291 Å². The highest BCUT2D eigenvalue weighted by molar-refractivity contribution is 5.74. The van der Waals surface area contributed by atoms with Crippen LogP contribution in [0.2, 0.25) is 0 Å². The van der Waals surface area contributed by atoms with Crippen molar-refractivity contribution >= 4 is 17.1 Å². The van der Waals surface area contributed by atoms with Gasteiger partial charge in [0.05, 0.1) is 6.61 Å². The average molecular weight is 1730 g/mol. The molecule has 0 spiro atoms. The van der Waals surface area contributed by atoms with Gasteiger partial charge in [0.25, 0.3) is 0 Å². The second kappa shape index (κ2) is 99.7. The third kappa shape index (κ3) is 59.5. The number of anilines is 3. The van der Waals surface area contributed by atoms with Gasteiger partial charge in [0.15, 0.2) is 0 Å². The Morgan fingerprint density at radius 1 is 0.306 bits per heavy atom. The third-order valence-electron chi connectivity index (χ3n) is 14.7. The first-order valence-electron chi connectivity index (χ1n) is 34.8. The predicted molar refractivity (Wildman–Crippen MR) is 511 cm³/mol. The minimum atomic E-state index is 0. The normalized spacial score (nSPS) is 9.34. The van der Waals surface area contributed by atoms with Crippen LogP contribution in [0.4, 0.5) is 17.1 Å². The molecule has 56 N–H and O–H groups in total. The van der Waals surface area contributed by atoms with Crippen molar-refractivity contribution in [3.63, 3.8) is 0 Å². The zero-order chi connectivity index (χ0) is 70.1. The van der Waals surface area contributed by atoms with E-state index in [1.807, 2.05) is 290 Å². The van der Waals surface area contributed by atoms with Gasteiger partial charge in [-0.05, 0) is 183 Å². The molecule has 11 aromatic rings. The van der Waals surface area contributed by atoms with Crippen molar-refractivity contribution < 1.29 is 128 Å². The second-order valence-electron chi connectivity index (χ2n) is 22.0. The molecule has 32 heteroatoms. The van der Waals surface area contributed by atoms with Gasteiger partial charge in [-0.2, -0.15) is 0 Å². The van der Waals surface area contributed by atoms with Gasteiger partial charge in [0.1, 0.15) is 40.2 Å². The fraction of sp³-hybridized carbons (Fsp3) is 0.258. The molecule has 0 amide bonds. The summed E-state index contributed by atoms with van der Waals surface area (Å²) in [5.74, 6) is 6.26. The van der Waals surface area contributed by atoms with E-state index in [9.17, 15) is 0 Å². The number of fused-ring (bicyclic) bond motifs is 2. The number of para-hydroxylation sites is 7. The second-order valence-corrected chi connectivity index (χ2v) is 22.0. The van der Waals surface area contributed by atoms with Crippen LogP contribution in [0.5, 0.6) is 40.2 Å². The minimum Gasteiger partial charge on any atom is -0.493 e. The first-order chi connectivity index (χ1) is 47.7. The molecule has 3 aliphatic rings. The van der Waals surface area contributed by atoms with E-state index >= 15 is 0 Å². The predicted octanol–water partition coefficient (Wildman–Crippen LogP) is 10.3. The first kappa shape index (κ1) is 165. The highest BCUT2D eigenvalue weighted by Gasteiger charge is 2.29. The largest absolute Gasteiger partial charge is 0.493 e. The number of hydrogen-bond acceptors (Lipinski definition) is 13. The summed E-state index contributed by atoms with van der Waals surface area (Å²) in [6.07, 6.45) is 6.04. The summed E-state index contributed by atoms with van der Waals surface area (Å²) in [5.41, 5.74) is 13.5. The van der Waals surface area contributed by atoms with E-state index in [2.05, 4.69) is 115 Å². The quantitative estimate of drug-likeness (QED) is 0.0598. The van der Waals surface area contributed by atoms with Crippen LogP contribution in [0.1, 0.15) is 111 Å². The van der Waals surface area contributed by atoms with E-state index in [0.717, 1.165) is 111 Å². The summed E-state index contributed by atoms with van der Waals surface area (Å²) in [6.45, 7) is 25.6. The van der Waals surface area contributed by atoms with Gasteiger partial charge >= 0.3 is 0 Å². The van der Waals surface area contributed by atoms with Gasteiger partial charge in [0.2, 0.25) is 0 Å². The molecular weight excluding hydrogens is 1570 g/mol. The summed E-state index contributed by atoms with van der Waals surface area (Å²) in [7, 11) is 5.67. The van der Waals surface area contributed by atoms with E-state index in [4.69, 9.17) is 23.7 Å². The fourth-order valence-corrected chi connectivity index (χ4v) is 9.92. The lowest BCUT2D eigenvalue weighted by Gasteiger charge is -2.20. The van der Waals surface area contributed by atoms with E-state index in [-0.39, 0.29) is 140 Å². The van der Waals surface area contributed by atoms with E-state index < -0.39 is 0 Å². The molecular formula is C89H162N8O24. The molecule has 0 unspecified atom stereocenters. The summed E-state index contributed by atoms with van der Waals surface area (Å²) >= 11 is 0. The maximum Gasteiger partial charge on any atom is 0.135 e. The number of hydrogen-bond donors (Lipinski definition) is 8. The number of rotatable bonds is 11. The van der Waals surface area contributed by atoms with Gasteiger partial charge in [-0.15, -0.1) is 0 Å². The Labute approximate surface area is 718 Å². The topological polar surface area (TPSA) is 856 Å². The van der Waals surface area contributed by atoms with Crippen LogP contribution in [0.3, 0.4) is 0 Å². The van der Waals surface area contributed by atoms with Crippen LogP contribution in [0, 0.1) is 6.92 Å². The lowest BCUT2D eigenvalue weighted by atomic mass is 9.86. The van der Waals surface area contributed by atoms with Crippen molar-refractivity contribution in [3.8, 4) is 62.5 Å². The summed E-state index contributed by atoms with van der Waals surface area (Å²) in [6, 6.07) is 97.7. The molecule has 2 aliphatic heterocycles. The molecule has 1 aliphatic carbocycles. The van der Waals surface area contributed by atoms with Crippen molar-refractivity contribution in [1.82, 2.24) is 36.1 Å². The Morgan fingerprint density at radius 2 is 0.612 bits per heavy atom. The maximum absolute atomic E-state index is 6.14. The summed E-state index contributed by atoms with van der Waals surface area (Å²) < 4.78 is 28.1. The zero-order valence-corrected chi connectivity index (χ0v) is 73.4. The Balaban J connectivity index is -0.0000000523. The molecule has 11 aromatic carbocycles. The van der Waals surface area contributed by atoms with E-state index in [1.54, 1.807) is 0 Å². The third-order valence-corrected chi connectivity index (χ3v) is 14.7. The monoisotopic (exact) mass is 1730 g/mol. The van der Waals surface area contributed by atoms with Crippen molar-refractivity contribution in [2.75, 3.05) is 51.6 Å². The lowest BCUT2D eigenvalue weighted by Crippen LogP contribution is -2.11. The van der Waals surface area contributed by atoms with Gasteiger partial charge < -0.3 is 174 Å². The molecule has 2 heterocycles. The van der Waals surface area contributed by atoms with Crippen molar-refractivity contribution in [2.24, 2.45) is 0 Å².